The third kappa shape index (κ3) is 1.63. The van der Waals surface area contributed by atoms with E-state index < -0.39 is 0 Å². The van der Waals surface area contributed by atoms with Crippen molar-refractivity contribution in [3.63, 3.8) is 0 Å². The Hall–Kier alpha value is -1.13. The minimum absolute atomic E-state index is 0.0103. The van der Waals surface area contributed by atoms with E-state index in [1.165, 1.54) is 0 Å². The van der Waals surface area contributed by atoms with Gasteiger partial charge in [0.1, 0.15) is 0 Å². The molecule has 0 radical (unpaired) electrons. The van der Waals surface area contributed by atoms with Crippen LogP contribution in [0.4, 0.5) is 0 Å². The predicted molar refractivity (Wildman–Crippen MR) is 75.4 cm³/mol. The lowest BCUT2D eigenvalue weighted by Gasteiger charge is -2.03. The van der Waals surface area contributed by atoms with E-state index in [4.69, 9.17) is 4.42 Å². The summed E-state index contributed by atoms with van der Waals surface area (Å²) in [7, 11) is 0. The molecule has 0 aliphatic carbocycles. The largest absolute Gasteiger partial charge is 0.453 e. The molecule has 4 heteroatoms. The van der Waals surface area contributed by atoms with Crippen LogP contribution in [0.25, 0.3) is 21.9 Å². The molecular formula is C13H6Br2O2. The fraction of sp³-hybridized carbons (Fsp3) is 0. The molecule has 3 rings (SSSR count). The maximum atomic E-state index is 12.3. The summed E-state index contributed by atoms with van der Waals surface area (Å²) in [6, 6.07) is 10.9. The van der Waals surface area contributed by atoms with Crippen molar-refractivity contribution in [2.45, 2.75) is 0 Å². The van der Waals surface area contributed by atoms with E-state index in [1.807, 2.05) is 24.3 Å². The van der Waals surface area contributed by atoms with Gasteiger partial charge in [0.25, 0.3) is 0 Å². The molecule has 1 heterocycles. The van der Waals surface area contributed by atoms with E-state index >= 15 is 0 Å². The maximum Gasteiger partial charge on any atom is 0.200 e. The van der Waals surface area contributed by atoms with Crippen LogP contribution in [-0.4, -0.2) is 0 Å². The fourth-order valence-corrected chi connectivity index (χ4v) is 2.72. The highest BCUT2D eigenvalue weighted by atomic mass is 79.9. The van der Waals surface area contributed by atoms with E-state index in [2.05, 4.69) is 31.9 Å². The van der Waals surface area contributed by atoms with Gasteiger partial charge in [-0.1, -0.05) is 12.1 Å². The van der Waals surface area contributed by atoms with Gasteiger partial charge in [-0.05, 0) is 56.1 Å². The summed E-state index contributed by atoms with van der Waals surface area (Å²) in [5, 5.41) is 1.18. The number of hydrogen-bond acceptors (Lipinski definition) is 2. The Morgan fingerprint density at radius 1 is 0.824 bits per heavy atom. The molecule has 0 N–H and O–H groups in total. The molecule has 0 unspecified atom stereocenters. The van der Waals surface area contributed by atoms with Crippen LogP contribution in [-0.2, 0) is 0 Å². The second-order valence-electron chi connectivity index (χ2n) is 3.66. The molecule has 0 saturated carbocycles. The van der Waals surface area contributed by atoms with Gasteiger partial charge in [-0.3, -0.25) is 4.79 Å². The van der Waals surface area contributed by atoms with Crippen molar-refractivity contribution in [3.05, 3.63) is 55.6 Å². The summed E-state index contributed by atoms with van der Waals surface area (Å²) in [5.74, 6) is 0. The van der Waals surface area contributed by atoms with E-state index in [0.717, 1.165) is 8.95 Å². The monoisotopic (exact) mass is 352 g/mol. The number of hydrogen-bond donors (Lipinski definition) is 0. The second kappa shape index (κ2) is 3.96. The van der Waals surface area contributed by atoms with Gasteiger partial charge < -0.3 is 4.42 Å². The zero-order valence-corrected chi connectivity index (χ0v) is 11.7. The third-order valence-electron chi connectivity index (χ3n) is 2.63. The normalized spacial score (nSPS) is 11.2. The Morgan fingerprint density at radius 2 is 1.29 bits per heavy atom. The standard InChI is InChI=1S/C13H6Br2O2/c14-9-5-1-3-7-11(16)8-4-2-6-10(15)13(8)17-12(7)9/h1-6H. The van der Waals surface area contributed by atoms with Gasteiger partial charge >= 0.3 is 0 Å². The van der Waals surface area contributed by atoms with Gasteiger partial charge in [0.15, 0.2) is 11.2 Å². The van der Waals surface area contributed by atoms with Crippen molar-refractivity contribution >= 4 is 53.8 Å². The first-order valence-electron chi connectivity index (χ1n) is 4.98. The predicted octanol–water partition coefficient (Wildman–Crippen LogP) is 4.47. The van der Waals surface area contributed by atoms with Crippen LogP contribution in [0.1, 0.15) is 0 Å². The maximum absolute atomic E-state index is 12.3. The highest BCUT2D eigenvalue weighted by Crippen LogP contribution is 2.28. The molecule has 0 spiro atoms. The SMILES string of the molecule is O=c1c2cccc(Br)c2oc2c(Br)cccc12. The molecular weight excluding hydrogens is 348 g/mol. The molecule has 0 atom stereocenters. The minimum atomic E-state index is -0.0103. The number of para-hydroxylation sites is 2. The summed E-state index contributed by atoms with van der Waals surface area (Å²) < 4.78 is 7.36. The molecule has 0 aliphatic heterocycles. The molecule has 1 aromatic heterocycles. The molecule has 84 valence electrons. The van der Waals surface area contributed by atoms with Crippen molar-refractivity contribution < 1.29 is 4.42 Å². The van der Waals surface area contributed by atoms with Gasteiger partial charge in [0.05, 0.1) is 19.7 Å². The Labute approximate surface area is 113 Å². The van der Waals surface area contributed by atoms with Crippen molar-refractivity contribution in [2.24, 2.45) is 0 Å². The van der Waals surface area contributed by atoms with Crippen LogP contribution in [0, 0.1) is 0 Å². The van der Waals surface area contributed by atoms with Crippen LogP contribution in [0.15, 0.2) is 54.6 Å². The fourth-order valence-electron chi connectivity index (χ4n) is 1.83. The quantitative estimate of drug-likeness (QED) is 0.558. The molecule has 0 aliphatic rings. The van der Waals surface area contributed by atoms with Crippen LogP contribution >= 0.6 is 31.9 Å². The Kier molecular flexibility index (Phi) is 2.56. The summed E-state index contributed by atoms with van der Waals surface area (Å²) in [4.78, 5) is 12.3. The van der Waals surface area contributed by atoms with Gasteiger partial charge in [-0.15, -0.1) is 0 Å². The zero-order chi connectivity index (χ0) is 12.0. The van der Waals surface area contributed by atoms with Gasteiger partial charge in [-0.25, -0.2) is 0 Å². The topological polar surface area (TPSA) is 30.2 Å². The van der Waals surface area contributed by atoms with Crippen LogP contribution in [0.5, 0.6) is 0 Å². The number of benzene rings is 2. The zero-order valence-electron chi connectivity index (χ0n) is 8.54. The second-order valence-corrected chi connectivity index (χ2v) is 5.37. The Bertz CT molecular complexity index is 727. The molecule has 2 nitrogen and oxygen atoms in total. The van der Waals surface area contributed by atoms with E-state index in [-0.39, 0.29) is 5.43 Å². The van der Waals surface area contributed by atoms with Crippen LogP contribution < -0.4 is 5.43 Å². The molecule has 0 bridgehead atoms. The molecule has 17 heavy (non-hydrogen) atoms. The van der Waals surface area contributed by atoms with E-state index in [0.29, 0.717) is 21.9 Å². The van der Waals surface area contributed by atoms with Crippen molar-refractivity contribution in [3.8, 4) is 0 Å². The summed E-state index contributed by atoms with van der Waals surface area (Å²) in [5.41, 5.74) is 1.15. The van der Waals surface area contributed by atoms with Crippen molar-refractivity contribution in [1.29, 1.82) is 0 Å². The minimum Gasteiger partial charge on any atom is -0.453 e. The molecule has 0 saturated heterocycles. The molecule has 3 aromatic rings. The smallest absolute Gasteiger partial charge is 0.200 e. The highest BCUT2D eigenvalue weighted by Gasteiger charge is 2.11. The van der Waals surface area contributed by atoms with Gasteiger partial charge in [0, 0.05) is 0 Å². The first kappa shape index (κ1) is 11.0. The summed E-state index contributed by atoms with van der Waals surface area (Å²) in [6.45, 7) is 0. The Morgan fingerprint density at radius 3 is 1.76 bits per heavy atom. The molecule has 0 fully saturated rings. The Balaban J connectivity index is 2.68. The number of halogens is 2. The van der Waals surface area contributed by atoms with Crippen LogP contribution in [0.2, 0.25) is 0 Å². The summed E-state index contributed by atoms with van der Waals surface area (Å²) in [6.07, 6.45) is 0. The third-order valence-corrected chi connectivity index (χ3v) is 3.88. The number of rotatable bonds is 0. The molecule has 2 aromatic carbocycles. The lowest BCUT2D eigenvalue weighted by Crippen LogP contribution is -2.02. The first-order valence-corrected chi connectivity index (χ1v) is 6.56. The van der Waals surface area contributed by atoms with Crippen LogP contribution in [0.3, 0.4) is 0 Å². The average Bonchev–Trinajstić information content (AvgIpc) is 2.32. The summed E-state index contributed by atoms with van der Waals surface area (Å²) >= 11 is 6.79. The highest BCUT2D eigenvalue weighted by molar-refractivity contribution is 9.11. The average molecular weight is 354 g/mol. The van der Waals surface area contributed by atoms with Gasteiger partial charge in [-0.2, -0.15) is 0 Å². The lowest BCUT2D eigenvalue weighted by molar-refractivity contribution is 0.655. The van der Waals surface area contributed by atoms with Crippen molar-refractivity contribution in [1.82, 2.24) is 0 Å². The van der Waals surface area contributed by atoms with E-state index in [9.17, 15) is 4.79 Å². The lowest BCUT2D eigenvalue weighted by atomic mass is 10.1. The van der Waals surface area contributed by atoms with Gasteiger partial charge in [0.2, 0.25) is 5.43 Å². The van der Waals surface area contributed by atoms with Crippen molar-refractivity contribution in [2.75, 3.05) is 0 Å². The number of fused-ring (bicyclic) bond motifs is 2. The van der Waals surface area contributed by atoms with E-state index in [1.54, 1.807) is 12.1 Å². The molecule has 0 amide bonds. The first-order chi connectivity index (χ1) is 8.18.